The fraction of sp³-hybridized carbons (Fsp3) is 0.200. The van der Waals surface area contributed by atoms with Crippen molar-refractivity contribution in [2.75, 3.05) is 11.4 Å². The van der Waals surface area contributed by atoms with Crippen molar-refractivity contribution in [3.63, 3.8) is 0 Å². The maximum absolute atomic E-state index is 13.6. The lowest BCUT2D eigenvalue weighted by Crippen LogP contribution is -2.45. The highest BCUT2D eigenvalue weighted by Gasteiger charge is 2.31. The number of fused-ring (bicyclic) bond motifs is 1. The molecule has 0 aromatic heterocycles. The summed E-state index contributed by atoms with van der Waals surface area (Å²) in [7, 11) is 0. The summed E-state index contributed by atoms with van der Waals surface area (Å²) < 4.78 is 0. The number of carbonyl (C=O) groups is 2. The summed E-state index contributed by atoms with van der Waals surface area (Å²) in [5, 5.41) is 2.97. The molecule has 0 saturated carbocycles. The normalized spacial score (nSPS) is 14.0. The highest BCUT2D eigenvalue weighted by Crippen LogP contribution is 2.29. The molecule has 4 heteroatoms. The van der Waals surface area contributed by atoms with Crippen LogP contribution in [0.15, 0.2) is 78.9 Å². The summed E-state index contributed by atoms with van der Waals surface area (Å²) in [4.78, 5) is 28.3. The quantitative estimate of drug-likeness (QED) is 0.723. The minimum absolute atomic E-state index is 0.108. The Hall–Kier alpha value is -3.40. The molecule has 29 heavy (non-hydrogen) atoms. The van der Waals surface area contributed by atoms with Gasteiger partial charge in [-0.1, -0.05) is 66.2 Å². The Bertz CT molecular complexity index is 1010. The van der Waals surface area contributed by atoms with Crippen LogP contribution in [-0.4, -0.2) is 18.4 Å². The fourth-order valence-electron chi connectivity index (χ4n) is 3.77. The van der Waals surface area contributed by atoms with Crippen molar-refractivity contribution < 1.29 is 9.59 Å². The van der Waals surface area contributed by atoms with Gasteiger partial charge in [-0.25, -0.2) is 0 Å². The van der Waals surface area contributed by atoms with Gasteiger partial charge in [0, 0.05) is 17.8 Å². The molecule has 1 aliphatic heterocycles. The van der Waals surface area contributed by atoms with E-state index in [-0.39, 0.29) is 11.8 Å². The third-order valence-corrected chi connectivity index (χ3v) is 5.35. The van der Waals surface area contributed by atoms with Crippen LogP contribution >= 0.6 is 0 Å². The van der Waals surface area contributed by atoms with Crippen LogP contribution in [0.2, 0.25) is 0 Å². The Morgan fingerprint density at radius 1 is 0.897 bits per heavy atom. The second-order valence-electron chi connectivity index (χ2n) is 7.41. The lowest BCUT2D eigenvalue weighted by atomic mass is 9.99. The van der Waals surface area contributed by atoms with Crippen molar-refractivity contribution in [3.8, 4) is 0 Å². The maximum Gasteiger partial charge on any atom is 0.254 e. The van der Waals surface area contributed by atoms with Gasteiger partial charge in [0.1, 0.15) is 6.04 Å². The number of anilines is 1. The molecule has 4 rings (SSSR count). The van der Waals surface area contributed by atoms with Crippen LogP contribution in [0.1, 0.15) is 39.5 Å². The number of nitrogens with zero attached hydrogens (tertiary/aromatic N) is 1. The summed E-state index contributed by atoms with van der Waals surface area (Å²) in [6.45, 7) is 2.63. The molecule has 3 aromatic rings. The third-order valence-electron chi connectivity index (χ3n) is 5.35. The highest BCUT2D eigenvalue weighted by atomic mass is 16.2. The van der Waals surface area contributed by atoms with Gasteiger partial charge in [-0.2, -0.15) is 0 Å². The second kappa shape index (κ2) is 8.31. The van der Waals surface area contributed by atoms with Crippen LogP contribution in [-0.2, 0) is 11.2 Å². The van der Waals surface area contributed by atoms with E-state index >= 15 is 0 Å². The zero-order chi connectivity index (χ0) is 20.2. The van der Waals surface area contributed by atoms with Gasteiger partial charge < -0.3 is 10.2 Å². The largest absolute Gasteiger partial charge is 0.336 e. The number of para-hydroxylation sites is 1. The lowest BCUT2D eigenvalue weighted by molar-refractivity contribution is -0.120. The van der Waals surface area contributed by atoms with Gasteiger partial charge in [0.15, 0.2) is 0 Å². The second-order valence-corrected chi connectivity index (χ2v) is 7.41. The Morgan fingerprint density at radius 2 is 1.59 bits per heavy atom. The molecule has 1 heterocycles. The van der Waals surface area contributed by atoms with Crippen LogP contribution in [0, 0.1) is 6.92 Å². The molecule has 0 fully saturated rings. The zero-order valence-corrected chi connectivity index (χ0v) is 16.5. The summed E-state index contributed by atoms with van der Waals surface area (Å²) in [6.07, 6.45) is 1.88. The number of nitrogens with one attached hydrogen (secondary N) is 1. The van der Waals surface area contributed by atoms with Gasteiger partial charge in [-0.3, -0.25) is 9.59 Å². The average Bonchev–Trinajstić information content (AvgIpc) is 2.77. The van der Waals surface area contributed by atoms with Crippen molar-refractivity contribution in [2.24, 2.45) is 0 Å². The average molecular weight is 384 g/mol. The summed E-state index contributed by atoms with van der Waals surface area (Å²) >= 11 is 0. The number of rotatable bonds is 4. The van der Waals surface area contributed by atoms with Gasteiger partial charge >= 0.3 is 0 Å². The number of aryl methyl sites for hydroxylation is 2. The number of hydrogen-bond donors (Lipinski definition) is 1. The predicted octanol–water partition coefficient (Wildman–Crippen LogP) is 4.45. The number of hydrogen-bond acceptors (Lipinski definition) is 2. The SMILES string of the molecule is Cc1ccc(C(=O)N[C@@H](C(=O)N2CCCc3ccccc32)c2ccccc2)cc1. The lowest BCUT2D eigenvalue weighted by Gasteiger charge is -2.32. The van der Waals surface area contributed by atoms with E-state index in [1.54, 1.807) is 12.1 Å². The van der Waals surface area contributed by atoms with Crippen LogP contribution in [0.5, 0.6) is 0 Å². The van der Waals surface area contributed by atoms with Crippen LogP contribution < -0.4 is 10.2 Å². The molecule has 146 valence electrons. The summed E-state index contributed by atoms with van der Waals surface area (Å²) in [5.41, 5.74) is 4.52. The van der Waals surface area contributed by atoms with Gasteiger partial charge in [0.25, 0.3) is 11.8 Å². The molecule has 2 amide bonds. The van der Waals surface area contributed by atoms with E-state index in [1.165, 1.54) is 5.56 Å². The fourth-order valence-corrected chi connectivity index (χ4v) is 3.77. The van der Waals surface area contributed by atoms with Gasteiger partial charge in [0.2, 0.25) is 0 Å². The molecule has 0 saturated heterocycles. The minimum Gasteiger partial charge on any atom is -0.336 e. The first-order chi connectivity index (χ1) is 14.1. The highest BCUT2D eigenvalue weighted by molar-refractivity contribution is 6.03. The topological polar surface area (TPSA) is 49.4 Å². The number of amides is 2. The Morgan fingerprint density at radius 3 is 2.34 bits per heavy atom. The monoisotopic (exact) mass is 384 g/mol. The Labute approximate surface area is 171 Å². The molecule has 0 aliphatic carbocycles. The molecular formula is C25H24N2O2. The van der Waals surface area contributed by atoms with Crippen molar-refractivity contribution in [2.45, 2.75) is 25.8 Å². The standard InChI is InChI=1S/C25H24N2O2/c1-18-13-15-21(16-14-18)24(28)26-23(20-9-3-2-4-10-20)25(29)27-17-7-11-19-8-5-6-12-22(19)27/h2-6,8-10,12-16,23H,7,11,17H2,1H3,(H,26,28)/t23-/m1/s1. The molecule has 0 radical (unpaired) electrons. The van der Waals surface area contributed by atoms with E-state index in [1.807, 2.05) is 72.5 Å². The van der Waals surface area contributed by atoms with Crippen molar-refractivity contribution in [3.05, 3.63) is 101 Å². The van der Waals surface area contributed by atoms with E-state index < -0.39 is 6.04 Å². The van der Waals surface area contributed by atoms with E-state index in [0.29, 0.717) is 12.1 Å². The zero-order valence-electron chi connectivity index (χ0n) is 16.5. The van der Waals surface area contributed by atoms with E-state index in [9.17, 15) is 9.59 Å². The van der Waals surface area contributed by atoms with Gasteiger partial charge in [-0.05, 0) is 49.1 Å². The molecule has 0 unspecified atom stereocenters. The molecule has 3 aromatic carbocycles. The van der Waals surface area contributed by atoms with Crippen molar-refractivity contribution in [1.29, 1.82) is 0 Å². The molecule has 0 bridgehead atoms. The maximum atomic E-state index is 13.6. The van der Waals surface area contributed by atoms with Crippen LogP contribution in [0.3, 0.4) is 0 Å². The summed E-state index contributed by atoms with van der Waals surface area (Å²) in [5.74, 6) is -0.360. The summed E-state index contributed by atoms with van der Waals surface area (Å²) in [6, 6.07) is 24.1. The number of benzene rings is 3. The number of carbonyl (C=O) groups excluding carboxylic acids is 2. The van der Waals surface area contributed by atoms with E-state index in [0.717, 1.165) is 29.7 Å². The molecular weight excluding hydrogens is 360 g/mol. The van der Waals surface area contributed by atoms with Crippen LogP contribution in [0.25, 0.3) is 0 Å². The molecule has 1 atom stereocenters. The first-order valence-corrected chi connectivity index (χ1v) is 9.95. The molecule has 4 nitrogen and oxygen atoms in total. The van der Waals surface area contributed by atoms with Crippen molar-refractivity contribution >= 4 is 17.5 Å². The van der Waals surface area contributed by atoms with Crippen molar-refractivity contribution in [1.82, 2.24) is 5.32 Å². The molecule has 1 aliphatic rings. The van der Waals surface area contributed by atoms with Gasteiger partial charge in [-0.15, -0.1) is 0 Å². The van der Waals surface area contributed by atoms with Gasteiger partial charge in [0.05, 0.1) is 0 Å². The van der Waals surface area contributed by atoms with E-state index in [4.69, 9.17) is 0 Å². The Kier molecular flexibility index (Phi) is 5.43. The third kappa shape index (κ3) is 4.06. The Balaban J connectivity index is 1.65. The first-order valence-electron chi connectivity index (χ1n) is 9.95. The minimum atomic E-state index is -0.740. The van der Waals surface area contributed by atoms with E-state index in [2.05, 4.69) is 11.4 Å². The first kappa shape index (κ1) is 18.9. The van der Waals surface area contributed by atoms with Crippen LogP contribution in [0.4, 0.5) is 5.69 Å². The smallest absolute Gasteiger partial charge is 0.254 e. The molecule has 1 N–H and O–H groups in total. The predicted molar refractivity (Wildman–Crippen MR) is 115 cm³/mol. The molecule has 0 spiro atoms.